The van der Waals surface area contributed by atoms with Gasteiger partial charge in [-0.15, -0.1) is 0 Å². The summed E-state index contributed by atoms with van der Waals surface area (Å²) < 4.78 is 11.6. The molecule has 0 amide bonds. The Hall–Kier alpha value is -6.53. The lowest BCUT2D eigenvalue weighted by Gasteiger charge is -2.06. The highest BCUT2D eigenvalue weighted by molar-refractivity contribution is 6.31. The van der Waals surface area contributed by atoms with Gasteiger partial charge in [-0.2, -0.15) is 0 Å². The van der Waals surface area contributed by atoms with E-state index in [4.69, 9.17) is 26.2 Å². The summed E-state index contributed by atoms with van der Waals surface area (Å²) in [6.07, 6.45) is 2.91. The molecule has 12 nitrogen and oxygen atoms in total. The molecule has 4 aromatic carbocycles. The molecular formula is C34H23ClN6O6. The van der Waals surface area contributed by atoms with Crippen molar-refractivity contribution >= 4 is 84.0 Å². The molecule has 0 spiro atoms. The van der Waals surface area contributed by atoms with Crippen LogP contribution >= 0.6 is 11.6 Å². The van der Waals surface area contributed by atoms with Crippen molar-refractivity contribution in [2.45, 2.75) is 0 Å². The molecule has 0 saturated carbocycles. The monoisotopic (exact) mass is 646 g/mol. The van der Waals surface area contributed by atoms with E-state index in [2.05, 4.69) is 15.3 Å². The highest BCUT2D eigenvalue weighted by Gasteiger charge is 2.17. The second-order valence-corrected chi connectivity index (χ2v) is 10.3. The van der Waals surface area contributed by atoms with Crippen molar-refractivity contribution in [3.8, 4) is 0 Å². The van der Waals surface area contributed by atoms with E-state index >= 15 is 0 Å². The van der Waals surface area contributed by atoms with Gasteiger partial charge in [-0.05, 0) is 36.4 Å². The third-order valence-electron chi connectivity index (χ3n) is 7.01. The summed E-state index contributed by atoms with van der Waals surface area (Å²) in [5.41, 5.74) is 10.0. The number of nitrogens with one attached hydrogen (secondary N) is 1. The zero-order valence-corrected chi connectivity index (χ0v) is 25.0. The van der Waals surface area contributed by atoms with Gasteiger partial charge in [0.1, 0.15) is 11.2 Å². The SMILES string of the molecule is Nc1cccc2c1oc1ccccc12.O=[N+]([O-])c1cccnc1Cl.O=[N+]([O-])c1cccnc1Nc1cccc2c1oc1ccccc12. The van der Waals surface area contributed by atoms with Crippen LogP contribution in [0.25, 0.3) is 43.9 Å². The van der Waals surface area contributed by atoms with E-state index in [0.717, 1.165) is 38.3 Å². The number of hydrogen-bond donors (Lipinski definition) is 2. The first-order valence-electron chi connectivity index (χ1n) is 14.0. The maximum absolute atomic E-state index is 11.1. The van der Waals surface area contributed by atoms with Crippen LogP contribution in [0.4, 0.5) is 28.6 Å². The van der Waals surface area contributed by atoms with Gasteiger partial charge in [0.25, 0.3) is 0 Å². The summed E-state index contributed by atoms with van der Waals surface area (Å²) in [5, 5.41) is 28.3. The van der Waals surface area contributed by atoms with Gasteiger partial charge in [0, 0.05) is 46.1 Å². The molecule has 0 aliphatic heterocycles. The smallest absolute Gasteiger partial charge is 0.311 e. The fourth-order valence-corrected chi connectivity index (χ4v) is 5.08. The van der Waals surface area contributed by atoms with Crippen LogP contribution in [-0.4, -0.2) is 19.8 Å². The molecule has 13 heteroatoms. The number of pyridine rings is 2. The van der Waals surface area contributed by atoms with Gasteiger partial charge in [-0.1, -0.05) is 72.3 Å². The first kappa shape index (κ1) is 30.5. The first-order chi connectivity index (χ1) is 22.8. The Labute approximate surface area is 270 Å². The lowest BCUT2D eigenvalue weighted by molar-refractivity contribution is -0.385. The summed E-state index contributed by atoms with van der Waals surface area (Å²) in [7, 11) is 0. The predicted octanol–water partition coefficient (Wildman–Crippen LogP) is 9.44. The first-order valence-corrected chi connectivity index (χ1v) is 14.4. The summed E-state index contributed by atoms with van der Waals surface area (Å²) in [4.78, 5) is 27.8. The van der Waals surface area contributed by atoms with Gasteiger partial charge in [0.05, 0.1) is 21.2 Å². The second-order valence-electron chi connectivity index (χ2n) is 9.93. The average molecular weight is 647 g/mol. The Morgan fingerprint density at radius 3 is 1.77 bits per heavy atom. The van der Waals surface area contributed by atoms with E-state index < -0.39 is 9.85 Å². The van der Waals surface area contributed by atoms with Crippen LogP contribution in [0.5, 0.6) is 0 Å². The van der Waals surface area contributed by atoms with Crippen LogP contribution in [0.2, 0.25) is 5.15 Å². The molecule has 0 atom stereocenters. The lowest BCUT2D eigenvalue weighted by atomic mass is 10.1. The normalized spacial score (nSPS) is 10.7. The Bertz CT molecular complexity index is 2410. The van der Waals surface area contributed by atoms with Crippen molar-refractivity contribution in [3.05, 3.63) is 147 Å². The van der Waals surface area contributed by atoms with Gasteiger partial charge in [0.15, 0.2) is 11.2 Å². The van der Waals surface area contributed by atoms with E-state index in [-0.39, 0.29) is 22.3 Å². The van der Waals surface area contributed by atoms with Gasteiger partial charge in [-0.25, -0.2) is 9.97 Å². The highest BCUT2D eigenvalue weighted by atomic mass is 35.5. The molecule has 4 heterocycles. The Balaban J connectivity index is 0.000000137. The standard InChI is InChI=1S/C17H11N3O3.C12H9NO.C5H3ClN2O2/c21-20(22)14-8-4-10-18-17(14)19-13-7-3-6-12-11-5-1-2-9-15(11)23-16(12)13;13-10-6-3-5-9-8-4-1-2-7-11(8)14-12(9)10;6-5-4(8(9)10)2-1-3-7-5/h1-10H,(H,18,19);1-7H,13H2;1-3H. The van der Waals surface area contributed by atoms with Gasteiger partial charge >= 0.3 is 11.4 Å². The number of anilines is 3. The fraction of sp³-hybridized carbons (Fsp3) is 0. The number of nitrogens with zero attached hydrogens (tertiary/aromatic N) is 4. The molecule has 0 fully saturated rings. The van der Waals surface area contributed by atoms with Crippen LogP contribution in [0.15, 0.2) is 130 Å². The van der Waals surface area contributed by atoms with Crippen molar-refractivity contribution in [3.63, 3.8) is 0 Å². The van der Waals surface area contributed by atoms with E-state index in [1.807, 2.05) is 84.9 Å². The molecule has 3 N–H and O–H groups in total. The molecule has 0 radical (unpaired) electrons. The minimum Gasteiger partial charge on any atom is -0.454 e. The van der Waals surface area contributed by atoms with Crippen molar-refractivity contribution < 1.29 is 18.7 Å². The van der Waals surface area contributed by atoms with Gasteiger partial charge in [0.2, 0.25) is 11.0 Å². The van der Waals surface area contributed by atoms with E-state index in [0.29, 0.717) is 17.0 Å². The molecular weight excluding hydrogens is 624 g/mol. The van der Waals surface area contributed by atoms with E-state index in [1.165, 1.54) is 36.7 Å². The second kappa shape index (κ2) is 13.2. The van der Waals surface area contributed by atoms with Crippen LogP contribution in [0.1, 0.15) is 0 Å². The van der Waals surface area contributed by atoms with Crippen LogP contribution < -0.4 is 11.1 Å². The molecule has 8 rings (SSSR count). The highest BCUT2D eigenvalue weighted by Crippen LogP contribution is 2.36. The van der Waals surface area contributed by atoms with E-state index in [1.54, 1.807) is 0 Å². The zero-order chi connectivity index (χ0) is 32.9. The summed E-state index contributed by atoms with van der Waals surface area (Å²) >= 11 is 5.37. The Kier molecular flexibility index (Phi) is 8.58. The predicted molar refractivity (Wildman–Crippen MR) is 182 cm³/mol. The van der Waals surface area contributed by atoms with Crippen molar-refractivity contribution in [2.24, 2.45) is 0 Å². The number of nitro groups is 2. The Morgan fingerprint density at radius 1 is 0.617 bits per heavy atom. The minimum atomic E-state index is -0.574. The average Bonchev–Trinajstić information content (AvgIpc) is 3.66. The van der Waals surface area contributed by atoms with Gasteiger partial charge < -0.3 is 19.9 Å². The van der Waals surface area contributed by atoms with Crippen molar-refractivity contribution in [1.82, 2.24) is 9.97 Å². The number of furan rings is 2. The van der Waals surface area contributed by atoms with Crippen LogP contribution in [0.3, 0.4) is 0 Å². The lowest BCUT2D eigenvalue weighted by Crippen LogP contribution is -1.99. The third kappa shape index (κ3) is 6.34. The van der Waals surface area contributed by atoms with Crippen LogP contribution in [-0.2, 0) is 0 Å². The number of aromatic nitrogens is 2. The molecule has 232 valence electrons. The summed E-state index contributed by atoms with van der Waals surface area (Å²) in [6, 6.07) is 32.8. The number of nitrogen functional groups attached to an aromatic ring is 1. The molecule has 47 heavy (non-hydrogen) atoms. The summed E-state index contributed by atoms with van der Waals surface area (Å²) in [6.45, 7) is 0. The molecule has 8 aromatic rings. The maximum Gasteiger partial charge on any atom is 0.311 e. The number of benzene rings is 4. The quantitative estimate of drug-likeness (QED) is 0.0810. The molecule has 0 saturated heterocycles. The number of rotatable bonds is 4. The number of halogens is 1. The van der Waals surface area contributed by atoms with Gasteiger partial charge in [-0.3, -0.25) is 20.2 Å². The number of fused-ring (bicyclic) bond motifs is 6. The molecule has 0 unspecified atom stereocenters. The number of para-hydroxylation sites is 4. The zero-order valence-electron chi connectivity index (χ0n) is 24.2. The number of hydrogen-bond acceptors (Lipinski definition) is 10. The largest absolute Gasteiger partial charge is 0.454 e. The van der Waals surface area contributed by atoms with Crippen molar-refractivity contribution in [2.75, 3.05) is 11.1 Å². The number of nitrogens with two attached hydrogens (primary N) is 1. The fourth-order valence-electron chi connectivity index (χ4n) is 4.90. The van der Waals surface area contributed by atoms with Crippen LogP contribution in [0, 0.1) is 20.2 Å². The summed E-state index contributed by atoms with van der Waals surface area (Å²) in [5.74, 6) is 0.186. The third-order valence-corrected chi connectivity index (χ3v) is 7.30. The minimum absolute atomic E-state index is 0.0764. The molecule has 4 aromatic heterocycles. The van der Waals surface area contributed by atoms with Crippen molar-refractivity contribution in [1.29, 1.82) is 0 Å². The topological polar surface area (TPSA) is 176 Å². The molecule has 0 aliphatic rings. The maximum atomic E-state index is 11.1. The van der Waals surface area contributed by atoms with E-state index in [9.17, 15) is 20.2 Å². The molecule has 0 aliphatic carbocycles. The molecule has 0 bridgehead atoms. The Morgan fingerprint density at radius 2 is 1.15 bits per heavy atom.